The molecule has 0 bridgehead atoms. The third-order valence-electron chi connectivity index (χ3n) is 5.47. The monoisotopic (exact) mass is 401 g/mol. The Hall–Kier alpha value is -2.65. The predicted octanol–water partition coefficient (Wildman–Crippen LogP) is 3.34. The number of amides is 2. The number of nitrogens with one attached hydrogen (secondary N) is 1. The zero-order chi connectivity index (χ0) is 20.9. The van der Waals surface area contributed by atoms with Crippen molar-refractivity contribution < 1.29 is 32.6 Å². The van der Waals surface area contributed by atoms with Crippen molar-refractivity contribution >= 4 is 23.4 Å². The van der Waals surface area contributed by atoms with E-state index in [-0.39, 0.29) is 22.6 Å². The molecule has 2 amide bonds. The van der Waals surface area contributed by atoms with Gasteiger partial charge >= 0.3 is 12.3 Å². The van der Waals surface area contributed by atoms with Crippen molar-refractivity contribution in [1.29, 1.82) is 0 Å². The molecular formula is C18H22F3N3O4. The number of ether oxygens (including phenoxy) is 1. The van der Waals surface area contributed by atoms with Crippen LogP contribution in [0.25, 0.3) is 0 Å². The summed E-state index contributed by atoms with van der Waals surface area (Å²) in [5, 5.41) is 12.4. The van der Waals surface area contributed by atoms with Gasteiger partial charge in [0.15, 0.2) is 0 Å². The first-order valence-corrected chi connectivity index (χ1v) is 8.82. The minimum atomic E-state index is -4.76. The average molecular weight is 401 g/mol. The van der Waals surface area contributed by atoms with E-state index in [1.165, 1.54) is 18.2 Å². The number of carbonyl (C=O) groups excluding carboxylic acids is 1. The number of carbonyl (C=O) groups is 2. The second-order valence-corrected chi connectivity index (χ2v) is 7.82. The van der Waals surface area contributed by atoms with Gasteiger partial charge in [-0.15, -0.1) is 0 Å². The second-order valence-electron chi connectivity index (χ2n) is 7.82. The molecule has 4 N–H and O–H groups in total. The topological polar surface area (TPSA) is 105 Å². The van der Waals surface area contributed by atoms with Crippen LogP contribution in [0.5, 0.6) is 5.75 Å². The molecule has 3 rings (SSSR count). The summed E-state index contributed by atoms with van der Waals surface area (Å²) in [6.45, 7) is 1.94. The zero-order valence-electron chi connectivity index (χ0n) is 15.5. The average Bonchev–Trinajstić information content (AvgIpc) is 3.34. The number of hydrogen-bond donors (Lipinski definition) is 3. The van der Waals surface area contributed by atoms with Gasteiger partial charge < -0.3 is 20.9 Å². The predicted molar refractivity (Wildman–Crippen MR) is 95.5 cm³/mol. The number of rotatable bonds is 5. The maximum absolute atomic E-state index is 13.4. The molecule has 154 valence electrons. The largest absolute Gasteiger partial charge is 0.486 e. The fraction of sp³-hybridized carbons (Fsp3) is 0.556. The SMILES string of the molecule is CC(C)(N(C(=O)O)c1ccc2c(c1)NC[C@H](CC1(C(N)=O)CC1)O2)C(F)(F)F. The van der Waals surface area contributed by atoms with Crippen molar-refractivity contribution in [1.82, 2.24) is 0 Å². The molecule has 2 aliphatic rings. The van der Waals surface area contributed by atoms with Crippen molar-refractivity contribution in [2.45, 2.75) is 50.9 Å². The highest BCUT2D eigenvalue weighted by Gasteiger charge is 2.54. The summed E-state index contributed by atoms with van der Waals surface area (Å²) < 4.78 is 45.9. The summed E-state index contributed by atoms with van der Waals surface area (Å²) in [6, 6.07) is 4.01. The number of hydrogen-bond acceptors (Lipinski definition) is 4. The van der Waals surface area contributed by atoms with E-state index in [0.29, 0.717) is 37.2 Å². The Morgan fingerprint density at radius 1 is 1.36 bits per heavy atom. The molecule has 1 aromatic carbocycles. The molecule has 0 saturated heterocycles. The first kappa shape index (κ1) is 20.1. The molecule has 1 fully saturated rings. The number of benzene rings is 1. The summed E-state index contributed by atoms with van der Waals surface area (Å²) >= 11 is 0. The first-order chi connectivity index (χ1) is 12.9. The number of carboxylic acid groups (broad SMARTS) is 1. The van der Waals surface area contributed by atoms with Crippen molar-refractivity contribution in [3.05, 3.63) is 18.2 Å². The Morgan fingerprint density at radius 3 is 2.50 bits per heavy atom. The van der Waals surface area contributed by atoms with Gasteiger partial charge in [0.05, 0.1) is 23.3 Å². The Morgan fingerprint density at radius 2 is 2.00 bits per heavy atom. The molecule has 1 aromatic rings. The highest BCUT2D eigenvalue weighted by Crippen LogP contribution is 2.50. The standard InChI is InChI=1S/C18H22F3N3O4/c1-16(2,18(19,20)21)24(15(26)27)10-3-4-13-12(7-10)23-9-11(28-13)8-17(5-6-17)14(22)25/h3-4,7,11,23H,5-6,8-9H2,1-2H3,(H2,22,25)(H,26,27)/t11-/m0/s1. The fourth-order valence-electron chi connectivity index (χ4n) is 3.39. The minimum Gasteiger partial charge on any atom is -0.486 e. The van der Waals surface area contributed by atoms with Gasteiger partial charge in [-0.1, -0.05) is 0 Å². The van der Waals surface area contributed by atoms with Gasteiger partial charge in [-0.3, -0.25) is 9.69 Å². The van der Waals surface area contributed by atoms with E-state index in [9.17, 15) is 27.9 Å². The summed E-state index contributed by atoms with van der Waals surface area (Å²) in [5.41, 5.74) is 2.54. The summed E-state index contributed by atoms with van der Waals surface area (Å²) in [7, 11) is 0. The molecule has 1 aliphatic heterocycles. The first-order valence-electron chi connectivity index (χ1n) is 8.82. The minimum absolute atomic E-state index is 0.126. The lowest BCUT2D eigenvalue weighted by atomic mass is 9.96. The van der Waals surface area contributed by atoms with E-state index in [2.05, 4.69) is 5.32 Å². The van der Waals surface area contributed by atoms with Crippen LogP contribution < -0.4 is 20.7 Å². The smallest absolute Gasteiger partial charge is 0.412 e. The number of fused-ring (bicyclic) bond motifs is 1. The number of alkyl halides is 3. The van der Waals surface area contributed by atoms with Gasteiger partial charge in [-0.2, -0.15) is 13.2 Å². The highest BCUT2D eigenvalue weighted by molar-refractivity contribution is 5.89. The Bertz CT molecular complexity index is 806. The van der Waals surface area contributed by atoms with Crippen LogP contribution >= 0.6 is 0 Å². The van der Waals surface area contributed by atoms with E-state index in [1.807, 2.05) is 0 Å². The maximum Gasteiger partial charge on any atom is 0.412 e. The molecular weight excluding hydrogens is 379 g/mol. The highest BCUT2D eigenvalue weighted by atomic mass is 19.4. The molecule has 0 aromatic heterocycles. The summed E-state index contributed by atoms with van der Waals surface area (Å²) in [4.78, 5) is 23.4. The van der Waals surface area contributed by atoms with E-state index >= 15 is 0 Å². The van der Waals surface area contributed by atoms with Crippen LogP contribution in [0.3, 0.4) is 0 Å². The van der Waals surface area contributed by atoms with Crippen molar-refractivity contribution in [2.75, 3.05) is 16.8 Å². The zero-order valence-corrected chi connectivity index (χ0v) is 15.5. The van der Waals surface area contributed by atoms with Crippen LogP contribution in [0, 0.1) is 5.41 Å². The van der Waals surface area contributed by atoms with Crippen LogP contribution in [-0.4, -0.2) is 41.5 Å². The fourth-order valence-corrected chi connectivity index (χ4v) is 3.39. The van der Waals surface area contributed by atoms with Crippen molar-refractivity contribution in [3.63, 3.8) is 0 Å². The van der Waals surface area contributed by atoms with E-state index < -0.39 is 23.2 Å². The van der Waals surface area contributed by atoms with E-state index in [0.717, 1.165) is 13.8 Å². The van der Waals surface area contributed by atoms with Crippen LogP contribution in [0.15, 0.2) is 18.2 Å². The lowest BCUT2D eigenvalue weighted by Gasteiger charge is -2.38. The molecule has 0 spiro atoms. The number of halogens is 3. The van der Waals surface area contributed by atoms with E-state index in [4.69, 9.17) is 10.5 Å². The van der Waals surface area contributed by atoms with Gasteiger partial charge in [0, 0.05) is 6.42 Å². The van der Waals surface area contributed by atoms with Crippen LogP contribution in [0.2, 0.25) is 0 Å². The van der Waals surface area contributed by atoms with Gasteiger partial charge in [0.25, 0.3) is 0 Å². The van der Waals surface area contributed by atoms with Crippen molar-refractivity contribution in [2.24, 2.45) is 11.1 Å². The molecule has 1 aliphatic carbocycles. The molecule has 1 atom stereocenters. The van der Waals surface area contributed by atoms with Gasteiger partial charge in [0.1, 0.15) is 17.4 Å². The maximum atomic E-state index is 13.4. The second kappa shape index (κ2) is 6.46. The Balaban J connectivity index is 1.82. The van der Waals surface area contributed by atoms with Crippen molar-refractivity contribution in [3.8, 4) is 5.75 Å². The molecule has 1 saturated carbocycles. The van der Waals surface area contributed by atoms with E-state index in [1.54, 1.807) is 0 Å². The van der Waals surface area contributed by atoms with Gasteiger partial charge in [-0.05, 0) is 44.9 Å². The Kier molecular flexibility index (Phi) is 4.63. The summed E-state index contributed by atoms with van der Waals surface area (Å²) in [5.74, 6) is 0.0270. The third-order valence-corrected chi connectivity index (χ3v) is 5.47. The quantitative estimate of drug-likeness (QED) is 0.702. The number of primary amides is 1. The molecule has 0 radical (unpaired) electrons. The van der Waals surface area contributed by atoms with Crippen LogP contribution in [0.4, 0.5) is 29.3 Å². The number of nitrogens with two attached hydrogens (primary N) is 1. The lowest BCUT2D eigenvalue weighted by molar-refractivity contribution is -0.175. The third kappa shape index (κ3) is 3.43. The van der Waals surface area contributed by atoms with Gasteiger partial charge in [0.2, 0.25) is 5.91 Å². The number of anilines is 2. The molecule has 0 unspecified atom stereocenters. The molecule has 1 heterocycles. The summed E-state index contributed by atoms with van der Waals surface area (Å²) in [6.07, 6.45) is -4.89. The molecule has 10 heteroatoms. The van der Waals surface area contributed by atoms with Crippen LogP contribution in [0.1, 0.15) is 33.1 Å². The van der Waals surface area contributed by atoms with Crippen LogP contribution in [-0.2, 0) is 4.79 Å². The normalized spacial score (nSPS) is 20.4. The molecule has 7 nitrogen and oxygen atoms in total. The number of nitrogens with zero attached hydrogens (tertiary/aromatic N) is 1. The van der Waals surface area contributed by atoms with Gasteiger partial charge in [-0.25, -0.2) is 4.79 Å². The molecule has 28 heavy (non-hydrogen) atoms. The Labute approximate surface area is 159 Å². The lowest BCUT2D eigenvalue weighted by Crippen LogP contribution is -2.57.